The summed E-state index contributed by atoms with van der Waals surface area (Å²) in [5, 5.41) is 3.35. The molecule has 1 aromatic carbocycles. The van der Waals surface area contributed by atoms with E-state index in [9.17, 15) is 13.6 Å². The van der Waals surface area contributed by atoms with Gasteiger partial charge in [0.2, 0.25) is 0 Å². The molecule has 1 saturated heterocycles. The Bertz CT molecular complexity index is 1050. The van der Waals surface area contributed by atoms with E-state index >= 15 is 0 Å². The molecule has 33 heavy (non-hydrogen) atoms. The summed E-state index contributed by atoms with van der Waals surface area (Å²) >= 11 is 0. The molecule has 0 saturated carbocycles. The summed E-state index contributed by atoms with van der Waals surface area (Å²) in [6.07, 6.45) is 4.06. The van der Waals surface area contributed by atoms with Crippen LogP contribution < -0.4 is 15.0 Å². The van der Waals surface area contributed by atoms with Gasteiger partial charge in [-0.2, -0.15) is 0 Å². The number of anilines is 2. The Morgan fingerprint density at radius 3 is 2.64 bits per heavy atom. The summed E-state index contributed by atoms with van der Waals surface area (Å²) in [4.78, 5) is 25.0. The second kappa shape index (κ2) is 9.60. The molecule has 0 unspecified atom stereocenters. The minimum atomic E-state index is -0.700. The van der Waals surface area contributed by atoms with Crippen molar-refractivity contribution in [1.82, 2.24) is 14.9 Å². The molecule has 8 nitrogen and oxygen atoms in total. The van der Waals surface area contributed by atoms with Crippen LogP contribution in [0, 0.1) is 11.6 Å². The van der Waals surface area contributed by atoms with Crippen molar-refractivity contribution in [2.24, 2.45) is 0 Å². The number of halogens is 2. The van der Waals surface area contributed by atoms with E-state index in [1.54, 1.807) is 12.3 Å². The smallest absolute Gasteiger partial charge is 0.413 e. The van der Waals surface area contributed by atoms with Crippen LogP contribution >= 0.6 is 0 Å². The lowest BCUT2D eigenvalue weighted by Gasteiger charge is -2.34. The average Bonchev–Trinajstić information content (AvgIpc) is 2.79. The van der Waals surface area contributed by atoms with Crippen molar-refractivity contribution < 1.29 is 23.0 Å². The highest BCUT2D eigenvalue weighted by Crippen LogP contribution is 2.31. The summed E-state index contributed by atoms with van der Waals surface area (Å²) in [7, 11) is 1.34. The zero-order valence-corrected chi connectivity index (χ0v) is 18.8. The zero-order valence-electron chi connectivity index (χ0n) is 18.8. The summed E-state index contributed by atoms with van der Waals surface area (Å²) < 4.78 is 37.7. The fourth-order valence-electron chi connectivity index (χ4n) is 3.87. The topological polar surface area (TPSA) is 79.8 Å². The summed E-state index contributed by atoms with van der Waals surface area (Å²) in [6.45, 7) is 5.60. The third-order valence-corrected chi connectivity index (χ3v) is 5.48. The van der Waals surface area contributed by atoms with Gasteiger partial charge in [0.25, 0.3) is 0 Å². The van der Waals surface area contributed by atoms with Gasteiger partial charge >= 0.3 is 6.09 Å². The van der Waals surface area contributed by atoms with Crippen LogP contribution in [0.15, 0.2) is 24.4 Å². The minimum absolute atomic E-state index is 0.0610. The monoisotopic (exact) mass is 459 g/mol. The van der Waals surface area contributed by atoms with Gasteiger partial charge in [0, 0.05) is 44.2 Å². The number of nitrogens with one attached hydrogen (secondary N) is 1. The second-order valence-electron chi connectivity index (χ2n) is 8.32. The van der Waals surface area contributed by atoms with E-state index in [2.05, 4.69) is 10.2 Å². The number of amides is 1. The Labute approximate surface area is 191 Å². The number of methoxy groups -OCH3 is 1. The average molecular weight is 459 g/mol. The van der Waals surface area contributed by atoms with E-state index < -0.39 is 17.7 Å². The standard InChI is InChI=1S/C23H27F2N5O3/c1-14(2)26-21-22(28-18-8-11-30(23(31)32-3)13-19(18)27-21)29-9-6-16(7-10-29)33-20-5-4-15(24)12-17(20)25/h4-5,8,11-12,14,16H,6-7,9-10,13H2,1-3H3,(H,26,27). The largest absolute Gasteiger partial charge is 0.487 e. The van der Waals surface area contributed by atoms with Gasteiger partial charge < -0.3 is 19.7 Å². The first kappa shape index (κ1) is 22.8. The van der Waals surface area contributed by atoms with E-state index in [4.69, 9.17) is 19.4 Å². The Hall–Kier alpha value is -3.43. The maximum Gasteiger partial charge on any atom is 0.413 e. The minimum Gasteiger partial charge on any atom is -0.487 e. The number of fused-ring (bicyclic) bond motifs is 1. The van der Waals surface area contributed by atoms with Crippen LogP contribution in [-0.2, 0) is 11.3 Å². The number of hydrogen-bond acceptors (Lipinski definition) is 7. The van der Waals surface area contributed by atoms with Gasteiger partial charge in [-0.1, -0.05) is 0 Å². The fourth-order valence-corrected chi connectivity index (χ4v) is 3.87. The van der Waals surface area contributed by atoms with Crippen molar-refractivity contribution >= 4 is 23.8 Å². The lowest BCUT2D eigenvalue weighted by molar-refractivity contribution is 0.137. The lowest BCUT2D eigenvalue weighted by atomic mass is 10.1. The third-order valence-electron chi connectivity index (χ3n) is 5.48. The van der Waals surface area contributed by atoms with Crippen LogP contribution in [0.25, 0.3) is 6.08 Å². The molecule has 10 heteroatoms. The van der Waals surface area contributed by atoms with Gasteiger partial charge in [-0.25, -0.2) is 23.5 Å². The van der Waals surface area contributed by atoms with E-state index in [1.807, 2.05) is 13.8 Å². The first-order valence-corrected chi connectivity index (χ1v) is 10.9. The highest BCUT2D eigenvalue weighted by atomic mass is 19.1. The summed E-state index contributed by atoms with van der Waals surface area (Å²) in [5.41, 5.74) is 1.38. The predicted molar refractivity (Wildman–Crippen MR) is 120 cm³/mol. The first-order chi connectivity index (χ1) is 15.8. The molecule has 0 radical (unpaired) electrons. The number of hydrogen-bond donors (Lipinski definition) is 1. The van der Waals surface area contributed by atoms with Gasteiger partial charge in [-0.05, 0) is 32.1 Å². The molecule has 0 bridgehead atoms. The van der Waals surface area contributed by atoms with Crippen molar-refractivity contribution in [3.63, 3.8) is 0 Å². The third kappa shape index (κ3) is 5.15. The van der Waals surface area contributed by atoms with Crippen molar-refractivity contribution in [1.29, 1.82) is 0 Å². The van der Waals surface area contributed by atoms with E-state index in [0.717, 1.165) is 11.9 Å². The predicted octanol–water partition coefficient (Wildman–Crippen LogP) is 4.18. The molecule has 176 valence electrons. The maximum absolute atomic E-state index is 13.9. The lowest BCUT2D eigenvalue weighted by Crippen LogP contribution is -2.40. The molecule has 1 fully saturated rings. The Balaban J connectivity index is 1.50. The maximum atomic E-state index is 13.9. The zero-order chi connectivity index (χ0) is 23.5. The fraction of sp³-hybridized carbons (Fsp3) is 0.435. The van der Waals surface area contributed by atoms with Gasteiger partial charge in [0.05, 0.1) is 25.0 Å². The van der Waals surface area contributed by atoms with Crippen molar-refractivity contribution in [2.75, 3.05) is 30.4 Å². The van der Waals surface area contributed by atoms with Crippen LogP contribution in [0.4, 0.5) is 25.2 Å². The number of nitrogens with zero attached hydrogens (tertiary/aromatic N) is 4. The SMILES string of the molecule is COC(=O)N1C=Cc2nc(N3CCC(Oc4ccc(F)cc4F)CC3)c(NC(C)C)nc2C1. The molecule has 1 N–H and O–H groups in total. The molecular formula is C23H27F2N5O3. The molecule has 2 aromatic rings. The Morgan fingerprint density at radius 1 is 1.21 bits per heavy atom. The number of carbonyl (C=O) groups excluding carboxylic acids is 1. The summed E-state index contributed by atoms with van der Waals surface area (Å²) in [5.74, 6) is 0.104. The number of benzene rings is 1. The highest BCUT2D eigenvalue weighted by molar-refractivity contribution is 5.73. The molecule has 2 aliphatic heterocycles. The van der Waals surface area contributed by atoms with Crippen LogP contribution in [0.5, 0.6) is 5.75 Å². The number of rotatable bonds is 5. The number of piperidine rings is 1. The molecule has 0 atom stereocenters. The molecule has 2 aliphatic rings. The number of ether oxygens (including phenoxy) is 2. The van der Waals surface area contributed by atoms with Crippen molar-refractivity contribution in [2.45, 2.75) is 45.4 Å². The molecular weight excluding hydrogens is 432 g/mol. The molecule has 1 amide bonds. The molecule has 0 spiro atoms. The quantitative estimate of drug-likeness (QED) is 0.719. The van der Waals surface area contributed by atoms with Gasteiger partial charge in [-0.15, -0.1) is 0 Å². The van der Waals surface area contributed by atoms with Crippen molar-refractivity contribution in [3.05, 3.63) is 47.4 Å². The molecule has 1 aromatic heterocycles. The van der Waals surface area contributed by atoms with Crippen LogP contribution in [-0.4, -0.2) is 53.3 Å². The van der Waals surface area contributed by atoms with E-state index in [-0.39, 0.29) is 24.4 Å². The Kier molecular flexibility index (Phi) is 6.62. The van der Waals surface area contributed by atoms with E-state index in [1.165, 1.54) is 24.1 Å². The Morgan fingerprint density at radius 2 is 1.97 bits per heavy atom. The van der Waals surface area contributed by atoms with Gasteiger partial charge in [-0.3, -0.25) is 4.90 Å². The van der Waals surface area contributed by atoms with Crippen molar-refractivity contribution in [3.8, 4) is 5.75 Å². The first-order valence-electron chi connectivity index (χ1n) is 10.9. The molecule has 4 rings (SSSR count). The molecule has 3 heterocycles. The van der Waals surface area contributed by atoms with E-state index in [0.29, 0.717) is 43.1 Å². The van der Waals surface area contributed by atoms with Crippen LogP contribution in [0.1, 0.15) is 38.1 Å². The summed E-state index contributed by atoms with van der Waals surface area (Å²) in [6, 6.07) is 3.47. The van der Waals surface area contributed by atoms with Crippen LogP contribution in [0.2, 0.25) is 0 Å². The van der Waals surface area contributed by atoms with Crippen LogP contribution in [0.3, 0.4) is 0 Å². The number of carbonyl (C=O) groups is 1. The van der Waals surface area contributed by atoms with Gasteiger partial charge in [0.1, 0.15) is 11.9 Å². The second-order valence-corrected chi connectivity index (χ2v) is 8.32. The number of aromatic nitrogens is 2. The highest BCUT2D eigenvalue weighted by Gasteiger charge is 2.27. The molecule has 0 aliphatic carbocycles. The normalized spacial score (nSPS) is 16.1. The van der Waals surface area contributed by atoms with Gasteiger partial charge in [0.15, 0.2) is 23.2 Å².